The average Bonchev–Trinajstić information content (AvgIpc) is 2.99. The van der Waals surface area contributed by atoms with Gasteiger partial charge in [0.15, 0.2) is 0 Å². The predicted molar refractivity (Wildman–Crippen MR) is 77.8 cm³/mol. The van der Waals surface area contributed by atoms with E-state index in [9.17, 15) is 4.79 Å². The minimum Gasteiger partial charge on any atom is -0.379 e. The third-order valence-corrected chi connectivity index (χ3v) is 4.39. The zero-order valence-corrected chi connectivity index (χ0v) is 13.1. The van der Waals surface area contributed by atoms with Crippen LogP contribution in [0.2, 0.25) is 0 Å². The molecule has 20 heavy (non-hydrogen) atoms. The van der Waals surface area contributed by atoms with Gasteiger partial charge in [-0.3, -0.25) is 4.79 Å². The Balaban J connectivity index is 1.88. The van der Waals surface area contributed by atoms with E-state index < -0.39 is 0 Å². The quantitative estimate of drug-likeness (QED) is 0.873. The van der Waals surface area contributed by atoms with Crippen LogP contribution in [0.3, 0.4) is 0 Å². The van der Waals surface area contributed by atoms with Crippen LogP contribution in [-0.2, 0) is 20.7 Å². The zero-order valence-electron chi connectivity index (χ0n) is 12.3. The second-order valence-electron chi connectivity index (χ2n) is 5.36. The molecule has 0 saturated carbocycles. The lowest BCUT2D eigenvalue weighted by Gasteiger charge is -2.23. The van der Waals surface area contributed by atoms with Crippen molar-refractivity contribution in [2.24, 2.45) is 0 Å². The summed E-state index contributed by atoms with van der Waals surface area (Å²) in [5.41, 5.74) is 0.575. The van der Waals surface area contributed by atoms with E-state index in [1.54, 1.807) is 11.3 Å². The minimum atomic E-state index is -0.228. The zero-order chi connectivity index (χ0) is 14.6. The number of nitrogens with one attached hydrogen (secondary N) is 1. The maximum atomic E-state index is 12.0. The van der Waals surface area contributed by atoms with Crippen LogP contribution in [0.5, 0.6) is 0 Å². The summed E-state index contributed by atoms with van der Waals surface area (Å²) in [5, 5.41) is 5.89. The number of carbonyl (C=O) groups is 1. The maximum Gasteiger partial charge on any atom is 0.226 e. The Morgan fingerprint density at radius 1 is 1.70 bits per heavy atom. The molecule has 0 aromatic carbocycles. The van der Waals surface area contributed by atoms with Crippen LogP contribution in [0.25, 0.3) is 0 Å². The Morgan fingerprint density at radius 3 is 3.15 bits per heavy atom. The van der Waals surface area contributed by atoms with Gasteiger partial charge in [0.2, 0.25) is 5.91 Å². The fourth-order valence-electron chi connectivity index (χ4n) is 2.22. The molecule has 0 aliphatic carbocycles. The summed E-state index contributed by atoms with van der Waals surface area (Å²) >= 11 is 1.54. The van der Waals surface area contributed by atoms with Gasteiger partial charge in [-0.25, -0.2) is 4.98 Å². The van der Waals surface area contributed by atoms with E-state index in [0.29, 0.717) is 26.2 Å². The maximum absolute atomic E-state index is 12.0. The number of carbonyl (C=O) groups excluding carboxylic acids is 1. The second kappa shape index (κ2) is 6.65. The van der Waals surface area contributed by atoms with Crippen molar-refractivity contribution in [3.63, 3.8) is 0 Å². The molecule has 2 heterocycles. The van der Waals surface area contributed by atoms with Crippen molar-refractivity contribution in [2.75, 3.05) is 19.8 Å². The molecule has 1 aliphatic rings. The first-order chi connectivity index (χ1) is 9.52. The topological polar surface area (TPSA) is 60.5 Å². The molecule has 112 valence electrons. The molecule has 1 fully saturated rings. The summed E-state index contributed by atoms with van der Waals surface area (Å²) in [5.74, 6) is -0.00101. The molecule has 1 aromatic rings. The van der Waals surface area contributed by atoms with Gasteiger partial charge >= 0.3 is 0 Å². The van der Waals surface area contributed by atoms with Gasteiger partial charge in [-0.05, 0) is 27.2 Å². The summed E-state index contributed by atoms with van der Waals surface area (Å²) in [6.07, 6.45) is 1.16. The van der Waals surface area contributed by atoms with Crippen molar-refractivity contribution in [3.8, 4) is 0 Å². The number of thiazole rings is 1. The van der Waals surface area contributed by atoms with Crippen LogP contribution < -0.4 is 5.32 Å². The molecular formula is C14H22N2O3S. The van der Waals surface area contributed by atoms with Gasteiger partial charge in [0, 0.05) is 18.6 Å². The Morgan fingerprint density at radius 2 is 2.50 bits per heavy atom. The van der Waals surface area contributed by atoms with E-state index in [0.717, 1.165) is 17.1 Å². The molecule has 6 heteroatoms. The summed E-state index contributed by atoms with van der Waals surface area (Å²) < 4.78 is 10.8. The number of amides is 1. The molecule has 2 rings (SSSR count). The van der Waals surface area contributed by atoms with Crippen molar-refractivity contribution in [2.45, 2.75) is 45.3 Å². The summed E-state index contributed by atoms with van der Waals surface area (Å²) in [7, 11) is 0. The molecular weight excluding hydrogens is 276 g/mol. The van der Waals surface area contributed by atoms with E-state index in [4.69, 9.17) is 9.47 Å². The molecule has 1 aliphatic heterocycles. The number of hydrogen-bond donors (Lipinski definition) is 1. The highest BCUT2D eigenvalue weighted by Gasteiger charge is 2.31. The largest absolute Gasteiger partial charge is 0.379 e. The molecule has 0 bridgehead atoms. The van der Waals surface area contributed by atoms with Crippen LogP contribution in [0.1, 0.15) is 44.0 Å². The number of rotatable bonds is 6. The molecule has 0 spiro atoms. The van der Waals surface area contributed by atoms with E-state index in [2.05, 4.69) is 10.3 Å². The van der Waals surface area contributed by atoms with E-state index in [-0.39, 0.29) is 17.6 Å². The predicted octanol–water partition coefficient (Wildman–Crippen LogP) is 2.08. The highest BCUT2D eigenvalue weighted by molar-refractivity contribution is 7.09. The van der Waals surface area contributed by atoms with E-state index >= 15 is 0 Å². The highest BCUT2D eigenvalue weighted by Crippen LogP contribution is 2.22. The van der Waals surface area contributed by atoms with Crippen LogP contribution in [0.15, 0.2) is 5.38 Å². The summed E-state index contributed by atoms with van der Waals surface area (Å²) in [6.45, 7) is 7.91. The number of aromatic nitrogens is 1. The molecule has 5 nitrogen and oxygen atoms in total. The Labute approximate surface area is 123 Å². The SMILES string of the molecule is CCO[C@H](C)c1nc(CC(=O)N[C@@]2(C)CCOC2)cs1. The molecule has 1 N–H and O–H groups in total. The standard InChI is InChI=1S/C14H22N2O3S/c1-4-19-10(2)13-15-11(8-20-13)7-12(17)16-14(3)5-6-18-9-14/h8,10H,4-7,9H2,1-3H3,(H,16,17)/t10-,14+/m1/s1. The van der Waals surface area contributed by atoms with Crippen LogP contribution in [0, 0.1) is 0 Å². The number of nitrogens with zero attached hydrogens (tertiary/aromatic N) is 1. The summed E-state index contributed by atoms with van der Waals surface area (Å²) in [6, 6.07) is 0. The van der Waals surface area contributed by atoms with Gasteiger partial charge in [0.1, 0.15) is 11.1 Å². The Hall–Kier alpha value is -0.980. The first kappa shape index (κ1) is 15.4. The minimum absolute atomic E-state index is 0.00101. The van der Waals surface area contributed by atoms with Gasteiger partial charge in [-0.2, -0.15) is 0 Å². The average molecular weight is 298 g/mol. The van der Waals surface area contributed by atoms with Crippen molar-refractivity contribution >= 4 is 17.2 Å². The molecule has 1 amide bonds. The highest BCUT2D eigenvalue weighted by atomic mass is 32.1. The molecule has 0 unspecified atom stereocenters. The molecule has 1 saturated heterocycles. The number of hydrogen-bond acceptors (Lipinski definition) is 5. The third kappa shape index (κ3) is 4.01. The first-order valence-electron chi connectivity index (χ1n) is 6.97. The fourth-order valence-corrected chi connectivity index (χ4v) is 3.05. The van der Waals surface area contributed by atoms with Gasteiger partial charge in [-0.1, -0.05) is 0 Å². The Kier molecular flexibility index (Phi) is 5.12. The Bertz CT molecular complexity index is 455. The van der Waals surface area contributed by atoms with Crippen molar-refractivity contribution in [1.29, 1.82) is 0 Å². The van der Waals surface area contributed by atoms with Crippen LogP contribution >= 0.6 is 11.3 Å². The van der Waals surface area contributed by atoms with Gasteiger partial charge in [-0.15, -0.1) is 11.3 Å². The van der Waals surface area contributed by atoms with Crippen LogP contribution in [0.4, 0.5) is 0 Å². The third-order valence-electron chi connectivity index (χ3n) is 3.34. The summed E-state index contributed by atoms with van der Waals surface area (Å²) in [4.78, 5) is 16.5. The normalized spacial score (nSPS) is 23.8. The second-order valence-corrected chi connectivity index (χ2v) is 6.25. The molecule has 2 atom stereocenters. The fraction of sp³-hybridized carbons (Fsp3) is 0.714. The van der Waals surface area contributed by atoms with Crippen molar-refractivity contribution in [1.82, 2.24) is 10.3 Å². The van der Waals surface area contributed by atoms with E-state index in [1.807, 2.05) is 26.2 Å². The van der Waals surface area contributed by atoms with Gasteiger partial charge in [0.25, 0.3) is 0 Å². The van der Waals surface area contributed by atoms with Crippen molar-refractivity contribution in [3.05, 3.63) is 16.1 Å². The van der Waals surface area contributed by atoms with Gasteiger partial charge < -0.3 is 14.8 Å². The number of ether oxygens (including phenoxy) is 2. The van der Waals surface area contributed by atoms with Crippen LogP contribution in [-0.4, -0.2) is 36.3 Å². The monoisotopic (exact) mass is 298 g/mol. The van der Waals surface area contributed by atoms with E-state index in [1.165, 1.54) is 0 Å². The lowest BCUT2D eigenvalue weighted by Crippen LogP contribution is -2.47. The first-order valence-corrected chi connectivity index (χ1v) is 7.85. The molecule has 1 aromatic heterocycles. The molecule has 0 radical (unpaired) electrons. The lowest BCUT2D eigenvalue weighted by atomic mass is 10.0. The van der Waals surface area contributed by atoms with Crippen molar-refractivity contribution < 1.29 is 14.3 Å². The smallest absolute Gasteiger partial charge is 0.226 e. The lowest BCUT2D eigenvalue weighted by molar-refractivity contribution is -0.122. The van der Waals surface area contributed by atoms with Gasteiger partial charge in [0.05, 0.1) is 24.3 Å².